The molecule has 4 nitrogen and oxygen atoms in total. The second-order valence-corrected chi connectivity index (χ2v) is 4.61. The Morgan fingerprint density at radius 3 is 2.30 bits per heavy atom. The molecule has 1 N–H and O–H groups in total. The maximum absolute atomic E-state index is 5.62. The number of benzene rings is 1. The second kappa shape index (κ2) is 11.9. The normalized spacial score (nSPS) is 10.9. The standard InChI is InChI=1S/C16H27NO3/c1-3-17-13-15-5-7-16(8-6-15)14-20-10-4-9-19-12-11-18-2/h5-8,17H,3-4,9-14H2,1-2H3. The van der Waals surface area contributed by atoms with E-state index < -0.39 is 0 Å². The molecule has 0 fully saturated rings. The summed E-state index contributed by atoms with van der Waals surface area (Å²) in [6.45, 7) is 7.47. The number of hydrogen-bond donors (Lipinski definition) is 1. The first-order valence-corrected chi connectivity index (χ1v) is 7.29. The Bertz CT molecular complexity index is 327. The molecule has 1 aromatic rings. The first kappa shape index (κ1) is 17.1. The fourth-order valence-corrected chi connectivity index (χ4v) is 1.72. The van der Waals surface area contributed by atoms with Crippen molar-refractivity contribution in [2.45, 2.75) is 26.5 Å². The fourth-order valence-electron chi connectivity index (χ4n) is 1.72. The molecule has 1 rings (SSSR count). The smallest absolute Gasteiger partial charge is 0.0716 e. The van der Waals surface area contributed by atoms with Gasteiger partial charge in [0.15, 0.2) is 0 Å². The molecular weight excluding hydrogens is 254 g/mol. The van der Waals surface area contributed by atoms with Gasteiger partial charge in [0.05, 0.1) is 19.8 Å². The highest BCUT2D eigenvalue weighted by atomic mass is 16.5. The van der Waals surface area contributed by atoms with Gasteiger partial charge in [-0.15, -0.1) is 0 Å². The summed E-state index contributed by atoms with van der Waals surface area (Å²) in [6, 6.07) is 8.55. The van der Waals surface area contributed by atoms with Crippen molar-refractivity contribution in [3.05, 3.63) is 35.4 Å². The molecule has 0 radical (unpaired) electrons. The van der Waals surface area contributed by atoms with Crippen molar-refractivity contribution >= 4 is 0 Å². The summed E-state index contributed by atoms with van der Waals surface area (Å²) in [5.41, 5.74) is 2.52. The molecule has 0 spiro atoms. The fraction of sp³-hybridized carbons (Fsp3) is 0.625. The van der Waals surface area contributed by atoms with Gasteiger partial charge >= 0.3 is 0 Å². The zero-order chi connectivity index (χ0) is 14.5. The molecule has 114 valence electrons. The van der Waals surface area contributed by atoms with Gasteiger partial charge < -0.3 is 19.5 Å². The summed E-state index contributed by atoms with van der Waals surface area (Å²) in [6.07, 6.45) is 0.919. The summed E-state index contributed by atoms with van der Waals surface area (Å²) in [5, 5.41) is 3.31. The molecule has 1 aromatic carbocycles. The Kier molecular flexibility index (Phi) is 10.1. The molecule has 0 saturated heterocycles. The number of methoxy groups -OCH3 is 1. The molecule has 0 aromatic heterocycles. The molecule has 0 aliphatic rings. The average Bonchev–Trinajstić information content (AvgIpc) is 2.49. The van der Waals surface area contributed by atoms with Gasteiger partial charge in [-0.05, 0) is 24.1 Å². The van der Waals surface area contributed by atoms with Crippen LogP contribution in [0.4, 0.5) is 0 Å². The van der Waals surface area contributed by atoms with Crippen molar-refractivity contribution in [1.82, 2.24) is 5.32 Å². The van der Waals surface area contributed by atoms with Crippen molar-refractivity contribution in [1.29, 1.82) is 0 Å². The molecule has 0 saturated carbocycles. The van der Waals surface area contributed by atoms with Crippen LogP contribution in [0.2, 0.25) is 0 Å². The van der Waals surface area contributed by atoms with E-state index in [2.05, 4.69) is 36.5 Å². The minimum Gasteiger partial charge on any atom is -0.382 e. The van der Waals surface area contributed by atoms with E-state index in [1.165, 1.54) is 11.1 Å². The number of ether oxygens (including phenoxy) is 3. The Morgan fingerprint density at radius 2 is 1.60 bits per heavy atom. The van der Waals surface area contributed by atoms with Gasteiger partial charge in [0.2, 0.25) is 0 Å². The molecule has 0 atom stereocenters. The lowest BCUT2D eigenvalue weighted by atomic mass is 10.1. The quantitative estimate of drug-likeness (QED) is 0.597. The van der Waals surface area contributed by atoms with E-state index in [0.717, 1.165) is 32.7 Å². The van der Waals surface area contributed by atoms with Crippen LogP contribution >= 0.6 is 0 Å². The van der Waals surface area contributed by atoms with E-state index in [0.29, 0.717) is 19.8 Å². The summed E-state index contributed by atoms with van der Waals surface area (Å²) < 4.78 is 15.9. The molecule has 0 unspecified atom stereocenters. The zero-order valence-electron chi connectivity index (χ0n) is 12.7. The average molecular weight is 281 g/mol. The molecule has 0 amide bonds. The SMILES string of the molecule is CCNCc1ccc(COCCCOCCOC)cc1. The van der Waals surface area contributed by atoms with Crippen LogP contribution in [0.5, 0.6) is 0 Å². The maximum Gasteiger partial charge on any atom is 0.0716 e. The van der Waals surface area contributed by atoms with Crippen LogP contribution in [-0.2, 0) is 27.4 Å². The zero-order valence-corrected chi connectivity index (χ0v) is 12.7. The highest BCUT2D eigenvalue weighted by molar-refractivity contribution is 5.21. The van der Waals surface area contributed by atoms with Crippen LogP contribution in [0.3, 0.4) is 0 Å². The Balaban J connectivity index is 2.04. The Morgan fingerprint density at radius 1 is 0.900 bits per heavy atom. The predicted octanol–water partition coefficient (Wildman–Crippen LogP) is 2.37. The van der Waals surface area contributed by atoms with E-state index in [4.69, 9.17) is 14.2 Å². The van der Waals surface area contributed by atoms with Crippen LogP contribution in [0.15, 0.2) is 24.3 Å². The van der Waals surface area contributed by atoms with Gasteiger partial charge in [-0.2, -0.15) is 0 Å². The van der Waals surface area contributed by atoms with Crippen molar-refractivity contribution in [2.75, 3.05) is 40.1 Å². The summed E-state index contributed by atoms with van der Waals surface area (Å²) >= 11 is 0. The highest BCUT2D eigenvalue weighted by Crippen LogP contribution is 2.06. The molecule has 0 aliphatic carbocycles. The van der Waals surface area contributed by atoms with Gasteiger partial charge in [-0.3, -0.25) is 0 Å². The van der Waals surface area contributed by atoms with Crippen LogP contribution < -0.4 is 5.32 Å². The molecule has 4 heteroatoms. The predicted molar refractivity (Wildman–Crippen MR) is 80.8 cm³/mol. The van der Waals surface area contributed by atoms with E-state index in [-0.39, 0.29) is 0 Å². The highest BCUT2D eigenvalue weighted by Gasteiger charge is 1.96. The minimum absolute atomic E-state index is 0.653. The first-order chi connectivity index (χ1) is 9.86. The third-order valence-electron chi connectivity index (χ3n) is 2.88. The van der Waals surface area contributed by atoms with Crippen LogP contribution in [0, 0.1) is 0 Å². The topological polar surface area (TPSA) is 39.7 Å². The van der Waals surface area contributed by atoms with Crippen LogP contribution in [-0.4, -0.2) is 40.1 Å². The largest absolute Gasteiger partial charge is 0.382 e. The van der Waals surface area contributed by atoms with Crippen molar-refractivity contribution in [3.63, 3.8) is 0 Å². The lowest BCUT2D eigenvalue weighted by Crippen LogP contribution is -2.11. The number of hydrogen-bond acceptors (Lipinski definition) is 4. The van der Waals surface area contributed by atoms with E-state index >= 15 is 0 Å². The van der Waals surface area contributed by atoms with E-state index in [9.17, 15) is 0 Å². The molecule has 20 heavy (non-hydrogen) atoms. The third kappa shape index (κ3) is 8.27. The maximum atomic E-state index is 5.62. The summed E-state index contributed by atoms with van der Waals surface area (Å²) in [7, 11) is 1.68. The molecular formula is C16H27NO3. The second-order valence-electron chi connectivity index (χ2n) is 4.61. The summed E-state index contributed by atoms with van der Waals surface area (Å²) in [5.74, 6) is 0. The van der Waals surface area contributed by atoms with Crippen LogP contribution in [0.1, 0.15) is 24.5 Å². The Hall–Kier alpha value is -0.940. The lowest BCUT2D eigenvalue weighted by Gasteiger charge is -2.07. The van der Waals surface area contributed by atoms with E-state index in [1.807, 2.05) is 0 Å². The van der Waals surface area contributed by atoms with Gasteiger partial charge in [0, 0.05) is 26.9 Å². The number of nitrogens with one attached hydrogen (secondary N) is 1. The first-order valence-electron chi connectivity index (χ1n) is 7.29. The van der Waals surface area contributed by atoms with Crippen LogP contribution in [0.25, 0.3) is 0 Å². The number of rotatable bonds is 12. The monoisotopic (exact) mass is 281 g/mol. The van der Waals surface area contributed by atoms with E-state index in [1.54, 1.807) is 7.11 Å². The van der Waals surface area contributed by atoms with Gasteiger partial charge in [0.1, 0.15) is 0 Å². The van der Waals surface area contributed by atoms with Crippen molar-refractivity contribution in [2.24, 2.45) is 0 Å². The van der Waals surface area contributed by atoms with Gasteiger partial charge in [-0.1, -0.05) is 31.2 Å². The summed E-state index contributed by atoms with van der Waals surface area (Å²) in [4.78, 5) is 0. The van der Waals surface area contributed by atoms with Crippen molar-refractivity contribution in [3.8, 4) is 0 Å². The molecule has 0 aliphatic heterocycles. The lowest BCUT2D eigenvalue weighted by molar-refractivity contribution is 0.0483. The van der Waals surface area contributed by atoms with Gasteiger partial charge in [0.25, 0.3) is 0 Å². The molecule has 0 heterocycles. The molecule has 0 bridgehead atoms. The third-order valence-corrected chi connectivity index (χ3v) is 2.88. The van der Waals surface area contributed by atoms with Crippen molar-refractivity contribution < 1.29 is 14.2 Å². The Labute approximate surface area is 122 Å². The minimum atomic E-state index is 0.653. The van der Waals surface area contributed by atoms with Gasteiger partial charge in [-0.25, -0.2) is 0 Å².